The summed E-state index contributed by atoms with van der Waals surface area (Å²) in [7, 11) is 1.90. The molecule has 3 aromatic rings. The molecule has 0 aliphatic carbocycles. The molecule has 1 aromatic carbocycles. The first kappa shape index (κ1) is 17.2. The Morgan fingerprint density at radius 2 is 2.12 bits per heavy atom. The molecule has 0 fully saturated rings. The van der Waals surface area contributed by atoms with E-state index in [1.165, 1.54) is 29.0 Å². The van der Waals surface area contributed by atoms with Crippen molar-refractivity contribution in [1.29, 1.82) is 0 Å². The average molecular weight is 373 g/mol. The second-order valence-corrected chi connectivity index (χ2v) is 7.38. The van der Waals surface area contributed by atoms with Crippen molar-refractivity contribution in [3.8, 4) is 0 Å². The monoisotopic (exact) mass is 373 g/mol. The van der Waals surface area contributed by atoms with Gasteiger partial charge in [-0.1, -0.05) is 41.7 Å². The average Bonchev–Trinajstić information content (AvgIpc) is 3.18. The summed E-state index contributed by atoms with van der Waals surface area (Å²) in [6, 6.07) is 9.13. The molecule has 25 heavy (non-hydrogen) atoms. The maximum absolute atomic E-state index is 12.1. The van der Waals surface area contributed by atoms with E-state index in [2.05, 4.69) is 18.0 Å². The molecule has 6 nitrogen and oxygen atoms in total. The number of aryl methyl sites for hydroxylation is 2. The highest BCUT2D eigenvalue weighted by atomic mass is 32.1. The molecule has 0 saturated heterocycles. The summed E-state index contributed by atoms with van der Waals surface area (Å²) in [6.45, 7) is 2.09. The molecule has 2 aromatic heterocycles. The number of thiophene rings is 1. The number of carbonyl (C=O) groups is 1. The van der Waals surface area contributed by atoms with Crippen LogP contribution in [-0.4, -0.2) is 15.4 Å². The Kier molecular flexibility index (Phi) is 4.91. The minimum Gasteiger partial charge on any atom is -0.319 e. The lowest BCUT2D eigenvalue weighted by molar-refractivity contribution is -0.380. The first-order chi connectivity index (χ1) is 12.0. The van der Waals surface area contributed by atoms with Gasteiger partial charge in [0.25, 0.3) is 5.91 Å². The van der Waals surface area contributed by atoms with Crippen LogP contribution in [-0.2, 0) is 18.3 Å². The maximum Gasteiger partial charge on any atom is 0.324 e. The van der Waals surface area contributed by atoms with E-state index in [1.54, 1.807) is 12.1 Å². The van der Waals surface area contributed by atoms with Crippen LogP contribution in [0.3, 0.4) is 0 Å². The number of rotatable bonds is 4. The van der Waals surface area contributed by atoms with Gasteiger partial charge in [-0.15, -0.1) is 0 Å². The molecule has 0 bridgehead atoms. The molecule has 8 heteroatoms. The van der Waals surface area contributed by atoms with Crippen LogP contribution >= 0.6 is 22.7 Å². The van der Waals surface area contributed by atoms with Crippen molar-refractivity contribution in [3.63, 3.8) is 0 Å². The molecule has 0 saturated carbocycles. The number of benzene rings is 1. The fraction of sp³-hybridized carbons (Fsp3) is 0.176. The summed E-state index contributed by atoms with van der Waals surface area (Å²) in [5.41, 5.74) is 2.31. The third-order valence-electron chi connectivity index (χ3n) is 3.68. The molecule has 3 rings (SSSR count). The van der Waals surface area contributed by atoms with Gasteiger partial charge >= 0.3 is 5.00 Å². The Bertz CT molecular complexity index is 1060. The smallest absolute Gasteiger partial charge is 0.319 e. The highest BCUT2D eigenvalue weighted by molar-refractivity contribution is 7.16. The van der Waals surface area contributed by atoms with E-state index in [-0.39, 0.29) is 5.00 Å². The number of aromatic nitrogens is 1. The van der Waals surface area contributed by atoms with Gasteiger partial charge in [-0.2, -0.15) is 4.99 Å². The van der Waals surface area contributed by atoms with Crippen molar-refractivity contribution < 1.29 is 9.72 Å². The number of hydrogen-bond donors (Lipinski definition) is 0. The normalized spacial score (nSPS) is 12.3. The van der Waals surface area contributed by atoms with Gasteiger partial charge in [0.1, 0.15) is 0 Å². The van der Waals surface area contributed by atoms with Gasteiger partial charge < -0.3 is 4.57 Å². The minimum absolute atomic E-state index is 0.0482. The van der Waals surface area contributed by atoms with Gasteiger partial charge in [0.05, 0.1) is 15.1 Å². The molecule has 0 radical (unpaired) electrons. The summed E-state index contributed by atoms with van der Waals surface area (Å²) in [5, 5.41) is 10.7. The minimum atomic E-state index is -0.448. The van der Waals surface area contributed by atoms with E-state index in [0.29, 0.717) is 9.68 Å². The molecule has 128 valence electrons. The summed E-state index contributed by atoms with van der Waals surface area (Å²) >= 11 is 2.49. The molecule has 0 N–H and O–H groups in total. The lowest BCUT2D eigenvalue weighted by atomic mass is 10.1. The van der Waals surface area contributed by atoms with Gasteiger partial charge in [-0.3, -0.25) is 14.9 Å². The predicted octanol–water partition coefficient (Wildman–Crippen LogP) is 3.91. The number of hydrogen-bond acceptors (Lipinski definition) is 5. The Labute approximate surface area is 151 Å². The van der Waals surface area contributed by atoms with E-state index in [0.717, 1.165) is 28.0 Å². The van der Waals surface area contributed by atoms with Crippen LogP contribution in [0.2, 0.25) is 0 Å². The van der Waals surface area contributed by atoms with Crippen molar-refractivity contribution in [1.82, 2.24) is 4.57 Å². The fourth-order valence-electron chi connectivity index (χ4n) is 2.49. The van der Waals surface area contributed by atoms with Crippen LogP contribution in [0.4, 0.5) is 5.00 Å². The largest absolute Gasteiger partial charge is 0.324 e. The highest BCUT2D eigenvalue weighted by Crippen LogP contribution is 2.25. The Morgan fingerprint density at radius 1 is 1.32 bits per heavy atom. The second-order valence-electron chi connectivity index (χ2n) is 5.28. The van der Waals surface area contributed by atoms with Crippen molar-refractivity contribution in [2.75, 3.05) is 0 Å². The highest BCUT2D eigenvalue weighted by Gasteiger charge is 2.09. The van der Waals surface area contributed by atoms with Crippen molar-refractivity contribution in [2.24, 2.45) is 12.0 Å². The maximum atomic E-state index is 12.1. The van der Waals surface area contributed by atoms with Gasteiger partial charge in [-0.05, 0) is 30.2 Å². The molecule has 0 atom stereocenters. The standard InChI is InChI=1S/C17H15N3O3S2/c1-3-11-5-4-6-13-16(11)19(2)17(25-13)18-14(21)9-7-12-8-10-15(24-12)20(22)23/h4-10H,3H2,1-2H3/b9-7+,18-17?. The zero-order valence-corrected chi connectivity index (χ0v) is 15.3. The molecule has 0 spiro atoms. The zero-order chi connectivity index (χ0) is 18.0. The van der Waals surface area contributed by atoms with E-state index in [9.17, 15) is 14.9 Å². The van der Waals surface area contributed by atoms with Crippen LogP contribution in [0.1, 0.15) is 17.4 Å². The van der Waals surface area contributed by atoms with Crippen molar-refractivity contribution in [3.05, 3.63) is 61.8 Å². The number of amides is 1. The second kappa shape index (κ2) is 7.12. The summed E-state index contributed by atoms with van der Waals surface area (Å²) in [6.07, 6.45) is 3.79. The molecule has 0 aliphatic heterocycles. The molecular weight excluding hydrogens is 358 g/mol. The Hall–Kier alpha value is -2.58. The number of carbonyl (C=O) groups excluding carboxylic acids is 1. The van der Waals surface area contributed by atoms with E-state index < -0.39 is 10.8 Å². The van der Waals surface area contributed by atoms with Crippen molar-refractivity contribution in [2.45, 2.75) is 13.3 Å². The topological polar surface area (TPSA) is 77.5 Å². The first-order valence-electron chi connectivity index (χ1n) is 7.58. The zero-order valence-electron chi connectivity index (χ0n) is 13.6. The van der Waals surface area contributed by atoms with E-state index in [4.69, 9.17) is 0 Å². The number of nitrogens with zero attached hydrogens (tertiary/aromatic N) is 3. The third-order valence-corrected chi connectivity index (χ3v) is 5.77. The Balaban J connectivity index is 1.90. The number of para-hydroxylation sites is 1. The third kappa shape index (κ3) is 3.59. The van der Waals surface area contributed by atoms with E-state index in [1.807, 2.05) is 23.7 Å². The Morgan fingerprint density at radius 3 is 2.80 bits per heavy atom. The van der Waals surface area contributed by atoms with Gasteiger partial charge in [0, 0.05) is 24.1 Å². The van der Waals surface area contributed by atoms with Crippen LogP contribution in [0.15, 0.2) is 41.4 Å². The summed E-state index contributed by atoms with van der Waals surface area (Å²) in [4.78, 5) is 27.8. The van der Waals surface area contributed by atoms with Gasteiger partial charge in [0.2, 0.25) is 0 Å². The molecule has 1 amide bonds. The lowest BCUT2D eigenvalue weighted by Crippen LogP contribution is -2.12. The molecular formula is C17H15N3O3S2. The summed E-state index contributed by atoms with van der Waals surface area (Å²) < 4.78 is 3.02. The predicted molar refractivity (Wildman–Crippen MR) is 101 cm³/mol. The molecule has 2 heterocycles. The van der Waals surface area contributed by atoms with Crippen LogP contribution in [0.5, 0.6) is 0 Å². The fourth-order valence-corrected chi connectivity index (χ4v) is 4.29. The summed E-state index contributed by atoms with van der Waals surface area (Å²) in [5.74, 6) is -0.392. The molecule has 0 aliphatic rings. The SMILES string of the molecule is CCc1cccc2sc(=NC(=O)/C=C/c3ccc([N+](=O)[O-])s3)n(C)c12. The molecule has 0 unspecified atom stereocenters. The lowest BCUT2D eigenvalue weighted by Gasteiger charge is -2.01. The first-order valence-corrected chi connectivity index (χ1v) is 9.21. The van der Waals surface area contributed by atoms with E-state index >= 15 is 0 Å². The van der Waals surface area contributed by atoms with Gasteiger partial charge in [-0.25, -0.2) is 0 Å². The number of nitro groups is 1. The van der Waals surface area contributed by atoms with Crippen molar-refractivity contribution >= 4 is 49.9 Å². The van der Waals surface area contributed by atoms with Crippen LogP contribution < -0.4 is 4.80 Å². The van der Waals surface area contributed by atoms with Crippen LogP contribution in [0, 0.1) is 10.1 Å². The van der Waals surface area contributed by atoms with Gasteiger partial charge in [0.15, 0.2) is 4.80 Å². The van der Waals surface area contributed by atoms with Crippen LogP contribution in [0.25, 0.3) is 16.3 Å². The quantitative estimate of drug-likeness (QED) is 0.395. The number of thiazole rings is 1. The number of fused-ring (bicyclic) bond motifs is 1.